The fraction of sp³-hybridized carbons (Fsp3) is 0.364. The van der Waals surface area contributed by atoms with Gasteiger partial charge in [-0.2, -0.15) is 0 Å². The lowest BCUT2D eigenvalue weighted by Crippen LogP contribution is -2.35. The van der Waals surface area contributed by atoms with E-state index in [0.29, 0.717) is 24.0 Å². The number of rotatable bonds is 7. The van der Waals surface area contributed by atoms with Gasteiger partial charge in [-0.15, -0.1) is 0 Å². The number of benzene rings is 3. The fourth-order valence-corrected chi connectivity index (χ4v) is 5.60. The minimum absolute atomic E-state index is 0.0726. The number of ether oxygens (including phenoxy) is 2. The Morgan fingerprint density at radius 1 is 1.10 bits per heavy atom. The molecule has 0 aromatic heterocycles. The molecular weight excluding hydrogens is 488 g/mol. The van der Waals surface area contributed by atoms with Crippen LogP contribution in [0.1, 0.15) is 60.3 Å². The van der Waals surface area contributed by atoms with Gasteiger partial charge >= 0.3 is 0 Å². The number of carbonyl (C=O) groups excluding carboxylic acids is 1. The Balaban J connectivity index is 1.47. The number of phenolic OH excluding ortho intramolecular Hbond substituents is 1. The third-order valence-electron chi connectivity index (χ3n) is 7.88. The number of hydrogen-bond donors (Lipinski definition) is 1. The largest absolute Gasteiger partial charge is 0.508 e. The zero-order chi connectivity index (χ0) is 27.7. The topological polar surface area (TPSA) is 62.2 Å². The van der Waals surface area contributed by atoms with Crippen molar-refractivity contribution in [1.82, 2.24) is 9.80 Å². The SMILES string of the molecule is CC1=C(c2ccccc2C(=O)N(C)C)C(c2ccc(OCC(C)N3CCC(C)C3)cc2)Oc2ccc(O)cc21. The van der Waals surface area contributed by atoms with Crippen LogP contribution in [0.5, 0.6) is 17.2 Å². The lowest BCUT2D eigenvalue weighted by atomic mass is 9.84. The molecule has 3 aromatic carbocycles. The van der Waals surface area contributed by atoms with E-state index < -0.39 is 6.10 Å². The summed E-state index contributed by atoms with van der Waals surface area (Å²) in [4.78, 5) is 17.2. The van der Waals surface area contributed by atoms with Gasteiger partial charge < -0.3 is 19.5 Å². The normalized spacial score (nSPS) is 19.8. The Hall–Kier alpha value is -3.77. The molecule has 1 saturated heterocycles. The van der Waals surface area contributed by atoms with Gasteiger partial charge in [-0.1, -0.05) is 37.3 Å². The molecule has 6 nitrogen and oxygen atoms in total. The molecule has 0 aliphatic carbocycles. The summed E-state index contributed by atoms with van der Waals surface area (Å²) < 4.78 is 12.7. The monoisotopic (exact) mass is 526 g/mol. The van der Waals surface area contributed by atoms with Crippen molar-refractivity contribution in [3.63, 3.8) is 0 Å². The summed E-state index contributed by atoms with van der Waals surface area (Å²) in [5, 5.41) is 10.2. The van der Waals surface area contributed by atoms with Crippen LogP contribution in [0.25, 0.3) is 11.1 Å². The zero-order valence-electron chi connectivity index (χ0n) is 23.5. The van der Waals surface area contributed by atoms with E-state index in [4.69, 9.17) is 9.47 Å². The first-order valence-corrected chi connectivity index (χ1v) is 13.7. The lowest BCUT2D eigenvalue weighted by Gasteiger charge is -2.32. The van der Waals surface area contributed by atoms with Crippen molar-refractivity contribution in [2.75, 3.05) is 33.8 Å². The Morgan fingerprint density at radius 3 is 2.54 bits per heavy atom. The van der Waals surface area contributed by atoms with Gasteiger partial charge in [0.15, 0.2) is 0 Å². The first kappa shape index (κ1) is 26.8. The third kappa shape index (κ3) is 5.52. The number of likely N-dealkylation sites (tertiary alicyclic amines) is 1. The molecule has 6 heteroatoms. The molecule has 5 rings (SSSR count). The van der Waals surface area contributed by atoms with Crippen molar-refractivity contribution < 1.29 is 19.4 Å². The predicted molar refractivity (Wildman–Crippen MR) is 155 cm³/mol. The molecule has 3 atom stereocenters. The number of fused-ring (bicyclic) bond motifs is 1. The van der Waals surface area contributed by atoms with Gasteiger partial charge in [0.2, 0.25) is 0 Å². The van der Waals surface area contributed by atoms with Crippen LogP contribution < -0.4 is 9.47 Å². The predicted octanol–water partition coefficient (Wildman–Crippen LogP) is 6.27. The van der Waals surface area contributed by atoms with Gasteiger partial charge in [-0.05, 0) is 85.8 Å². The average molecular weight is 527 g/mol. The van der Waals surface area contributed by atoms with Gasteiger partial charge in [0.1, 0.15) is 30.0 Å². The van der Waals surface area contributed by atoms with Crippen LogP contribution in [0.4, 0.5) is 0 Å². The molecule has 1 amide bonds. The smallest absolute Gasteiger partial charge is 0.253 e. The molecule has 1 fully saturated rings. The quantitative estimate of drug-likeness (QED) is 0.393. The molecule has 2 aliphatic rings. The second kappa shape index (κ2) is 11.1. The van der Waals surface area contributed by atoms with Crippen molar-refractivity contribution in [2.24, 2.45) is 5.92 Å². The number of nitrogens with zero attached hydrogens (tertiary/aromatic N) is 2. The molecule has 39 heavy (non-hydrogen) atoms. The summed E-state index contributed by atoms with van der Waals surface area (Å²) in [7, 11) is 3.51. The van der Waals surface area contributed by atoms with Gasteiger partial charge in [0.05, 0.1) is 0 Å². The van der Waals surface area contributed by atoms with Crippen molar-refractivity contribution in [2.45, 2.75) is 39.3 Å². The van der Waals surface area contributed by atoms with E-state index in [9.17, 15) is 9.90 Å². The van der Waals surface area contributed by atoms with Crippen LogP contribution in [0, 0.1) is 5.92 Å². The van der Waals surface area contributed by atoms with Crippen LogP contribution in [0.3, 0.4) is 0 Å². The minimum atomic E-state index is -0.433. The molecule has 3 aromatic rings. The van der Waals surface area contributed by atoms with Crippen LogP contribution in [-0.2, 0) is 0 Å². The van der Waals surface area contributed by atoms with Gasteiger partial charge in [0.25, 0.3) is 5.91 Å². The third-order valence-corrected chi connectivity index (χ3v) is 7.88. The first-order chi connectivity index (χ1) is 18.7. The van der Waals surface area contributed by atoms with E-state index in [1.165, 1.54) is 6.42 Å². The number of phenols is 1. The number of aromatic hydroxyl groups is 1. The van der Waals surface area contributed by atoms with Crippen LogP contribution in [0.2, 0.25) is 0 Å². The molecule has 0 bridgehead atoms. The zero-order valence-corrected chi connectivity index (χ0v) is 23.5. The lowest BCUT2D eigenvalue weighted by molar-refractivity contribution is 0.0827. The van der Waals surface area contributed by atoms with E-state index in [0.717, 1.165) is 52.6 Å². The Morgan fingerprint density at radius 2 is 1.85 bits per heavy atom. The maximum Gasteiger partial charge on any atom is 0.253 e. The Labute approximate surface area is 231 Å². The van der Waals surface area contributed by atoms with E-state index in [-0.39, 0.29) is 11.7 Å². The number of allylic oxidation sites excluding steroid dienone is 1. The summed E-state index contributed by atoms with van der Waals surface area (Å²) in [6.07, 6.45) is 0.819. The first-order valence-electron chi connectivity index (χ1n) is 13.7. The maximum atomic E-state index is 13.1. The molecule has 0 spiro atoms. The summed E-state index contributed by atoms with van der Waals surface area (Å²) in [6, 6.07) is 21.2. The number of hydrogen-bond acceptors (Lipinski definition) is 5. The molecule has 2 aliphatic heterocycles. The highest BCUT2D eigenvalue weighted by Gasteiger charge is 2.32. The van der Waals surface area contributed by atoms with Gasteiger partial charge in [0, 0.05) is 43.4 Å². The molecule has 3 unspecified atom stereocenters. The summed E-state index contributed by atoms with van der Waals surface area (Å²) in [5.74, 6) is 2.37. The summed E-state index contributed by atoms with van der Waals surface area (Å²) >= 11 is 0. The highest BCUT2D eigenvalue weighted by atomic mass is 16.5. The van der Waals surface area contributed by atoms with E-state index >= 15 is 0 Å². The van der Waals surface area contributed by atoms with Crippen LogP contribution in [0.15, 0.2) is 66.7 Å². The van der Waals surface area contributed by atoms with E-state index in [1.54, 1.807) is 37.2 Å². The Bertz CT molecular complexity index is 1380. The van der Waals surface area contributed by atoms with Gasteiger partial charge in [-0.3, -0.25) is 9.69 Å². The van der Waals surface area contributed by atoms with Crippen molar-refractivity contribution in [3.05, 3.63) is 89.0 Å². The summed E-state index contributed by atoms with van der Waals surface area (Å²) in [5.41, 5.74) is 5.08. The average Bonchev–Trinajstić information content (AvgIpc) is 3.38. The van der Waals surface area contributed by atoms with E-state index in [2.05, 4.69) is 18.7 Å². The standard InChI is InChI=1S/C33H38N2O4/c1-21-16-17-35(19-21)22(2)20-38-26-13-10-24(11-14-26)32-31(23(3)29-18-25(36)12-15-30(29)39-32)27-8-6-7-9-28(27)33(37)34(4)5/h6-15,18,21-22,32,36H,16-17,19-20H2,1-5H3. The molecule has 204 valence electrons. The molecule has 1 N–H and O–H groups in total. The van der Waals surface area contributed by atoms with Crippen molar-refractivity contribution in [1.29, 1.82) is 0 Å². The van der Waals surface area contributed by atoms with Crippen LogP contribution >= 0.6 is 0 Å². The maximum absolute atomic E-state index is 13.1. The number of amides is 1. The molecule has 2 heterocycles. The molecular formula is C33H38N2O4. The van der Waals surface area contributed by atoms with Crippen molar-refractivity contribution in [3.8, 4) is 17.2 Å². The molecule has 0 radical (unpaired) electrons. The minimum Gasteiger partial charge on any atom is -0.508 e. The fourth-order valence-electron chi connectivity index (χ4n) is 5.60. The Kier molecular flexibility index (Phi) is 7.67. The second-order valence-corrected chi connectivity index (χ2v) is 11.1. The molecule has 0 saturated carbocycles. The van der Waals surface area contributed by atoms with Crippen LogP contribution in [-0.4, -0.2) is 60.6 Å². The second-order valence-electron chi connectivity index (χ2n) is 11.1. The highest BCUT2D eigenvalue weighted by Crippen LogP contribution is 2.48. The number of carbonyl (C=O) groups is 1. The van der Waals surface area contributed by atoms with E-state index in [1.807, 2.05) is 55.5 Å². The van der Waals surface area contributed by atoms with Crippen molar-refractivity contribution >= 4 is 17.1 Å². The van der Waals surface area contributed by atoms with Gasteiger partial charge in [-0.25, -0.2) is 0 Å². The summed E-state index contributed by atoms with van der Waals surface area (Å²) in [6.45, 7) is 9.47. The highest BCUT2D eigenvalue weighted by molar-refractivity contribution is 6.04.